The molecule has 3 rings (SSSR count). The number of carbonyl (C=O) groups excluding carboxylic acids is 3. The van der Waals surface area contributed by atoms with Gasteiger partial charge in [-0.25, -0.2) is 9.59 Å². The first-order chi connectivity index (χ1) is 14.3. The lowest BCUT2D eigenvalue weighted by Gasteiger charge is -2.48. The SMILES string of the molecule is CON=C(C(=O)N[C@@H]1C(=O)N2C(C(=O)O)=C(COC(N)=O)C[S@@](=O)[C@H]12)c1ccco1. The van der Waals surface area contributed by atoms with Crippen LogP contribution in [-0.2, 0) is 34.8 Å². The molecule has 1 aromatic heterocycles. The highest BCUT2D eigenvalue weighted by molar-refractivity contribution is 7.86. The van der Waals surface area contributed by atoms with Crippen LogP contribution in [0.1, 0.15) is 5.76 Å². The zero-order valence-electron chi connectivity index (χ0n) is 15.4. The summed E-state index contributed by atoms with van der Waals surface area (Å²) >= 11 is 0. The van der Waals surface area contributed by atoms with E-state index in [1.807, 2.05) is 0 Å². The minimum Gasteiger partial charge on any atom is -0.477 e. The van der Waals surface area contributed by atoms with Gasteiger partial charge in [-0.1, -0.05) is 5.16 Å². The molecule has 2 aliphatic rings. The van der Waals surface area contributed by atoms with Crippen LogP contribution in [0.5, 0.6) is 0 Å². The Balaban J connectivity index is 1.83. The lowest BCUT2D eigenvalue weighted by Crippen LogP contribution is -2.74. The van der Waals surface area contributed by atoms with Gasteiger partial charge >= 0.3 is 12.1 Å². The smallest absolute Gasteiger partial charge is 0.404 e. The molecule has 2 aliphatic heterocycles. The van der Waals surface area contributed by atoms with Crippen LogP contribution in [0.3, 0.4) is 0 Å². The molecule has 0 bridgehead atoms. The highest BCUT2D eigenvalue weighted by Gasteiger charge is 2.57. The number of nitrogens with zero attached hydrogens (tertiary/aromatic N) is 2. The van der Waals surface area contributed by atoms with Crippen molar-refractivity contribution in [1.82, 2.24) is 10.2 Å². The Morgan fingerprint density at radius 2 is 2.20 bits per heavy atom. The van der Waals surface area contributed by atoms with Gasteiger partial charge in [0.05, 0.1) is 22.8 Å². The first kappa shape index (κ1) is 21.0. The van der Waals surface area contributed by atoms with Crippen molar-refractivity contribution in [3.05, 3.63) is 35.4 Å². The number of primary amides is 1. The first-order valence-electron chi connectivity index (χ1n) is 8.30. The van der Waals surface area contributed by atoms with Crippen molar-refractivity contribution in [2.75, 3.05) is 19.5 Å². The average Bonchev–Trinajstić information content (AvgIpc) is 3.22. The molecule has 3 atom stereocenters. The summed E-state index contributed by atoms with van der Waals surface area (Å²) in [7, 11) is -0.578. The summed E-state index contributed by atoms with van der Waals surface area (Å²) in [5.41, 5.74) is 4.11. The zero-order chi connectivity index (χ0) is 22.0. The largest absolute Gasteiger partial charge is 0.477 e. The molecule has 0 aliphatic carbocycles. The van der Waals surface area contributed by atoms with E-state index >= 15 is 0 Å². The number of carboxylic acid groups (broad SMARTS) is 1. The summed E-state index contributed by atoms with van der Waals surface area (Å²) in [6.45, 7) is -0.528. The molecule has 14 heteroatoms. The maximum absolute atomic E-state index is 12.6. The number of nitrogens with two attached hydrogens (primary N) is 1. The molecule has 13 nitrogen and oxygen atoms in total. The molecule has 0 spiro atoms. The molecule has 0 aromatic carbocycles. The molecule has 3 heterocycles. The van der Waals surface area contributed by atoms with E-state index in [4.69, 9.17) is 10.2 Å². The van der Waals surface area contributed by atoms with E-state index in [1.54, 1.807) is 0 Å². The van der Waals surface area contributed by atoms with Gasteiger partial charge in [-0.2, -0.15) is 0 Å². The molecular formula is C16H16N4O9S. The summed E-state index contributed by atoms with van der Waals surface area (Å²) in [6.07, 6.45) is 0.155. The van der Waals surface area contributed by atoms with Gasteiger partial charge in [-0.15, -0.1) is 0 Å². The van der Waals surface area contributed by atoms with Gasteiger partial charge in [-0.3, -0.25) is 18.7 Å². The number of fused-ring (bicyclic) bond motifs is 1. The summed E-state index contributed by atoms with van der Waals surface area (Å²) in [6, 6.07) is 1.70. The number of carboxylic acids is 1. The minimum absolute atomic E-state index is 0.0359. The van der Waals surface area contributed by atoms with Gasteiger partial charge in [0.15, 0.2) is 5.76 Å². The lowest BCUT2D eigenvalue weighted by molar-refractivity contribution is -0.150. The summed E-state index contributed by atoms with van der Waals surface area (Å²) in [5, 5.41) is 14.3. The number of furan rings is 1. The fraction of sp³-hybridized carbons (Fsp3) is 0.312. The average molecular weight is 440 g/mol. The number of nitrogens with one attached hydrogen (secondary N) is 1. The third-order valence-electron chi connectivity index (χ3n) is 4.23. The Labute approximate surface area is 170 Å². The molecule has 30 heavy (non-hydrogen) atoms. The summed E-state index contributed by atoms with van der Waals surface area (Å²) in [4.78, 5) is 53.1. The van der Waals surface area contributed by atoms with Gasteiger partial charge in [0.25, 0.3) is 11.8 Å². The van der Waals surface area contributed by atoms with Gasteiger partial charge in [-0.05, 0) is 12.1 Å². The maximum Gasteiger partial charge on any atom is 0.404 e. The van der Waals surface area contributed by atoms with Crippen LogP contribution >= 0.6 is 0 Å². The summed E-state index contributed by atoms with van der Waals surface area (Å²) < 4.78 is 22.3. The Morgan fingerprint density at radius 1 is 1.47 bits per heavy atom. The van der Waals surface area contributed by atoms with Gasteiger partial charge in [0, 0.05) is 5.57 Å². The minimum atomic E-state index is -1.79. The fourth-order valence-electron chi connectivity index (χ4n) is 3.03. The van der Waals surface area contributed by atoms with E-state index in [2.05, 4.69) is 20.0 Å². The molecule has 0 saturated carbocycles. The van der Waals surface area contributed by atoms with Crippen molar-refractivity contribution in [3.63, 3.8) is 0 Å². The third-order valence-corrected chi connectivity index (χ3v) is 5.89. The molecule has 0 radical (unpaired) electrons. The van der Waals surface area contributed by atoms with Crippen molar-refractivity contribution < 1.29 is 42.5 Å². The zero-order valence-corrected chi connectivity index (χ0v) is 16.2. The van der Waals surface area contributed by atoms with Crippen LogP contribution in [0.4, 0.5) is 4.79 Å². The van der Waals surface area contributed by atoms with Crippen LogP contribution < -0.4 is 11.1 Å². The van der Waals surface area contributed by atoms with Crippen molar-refractivity contribution in [2.24, 2.45) is 10.9 Å². The lowest BCUT2D eigenvalue weighted by atomic mass is 10.0. The van der Waals surface area contributed by atoms with Crippen molar-refractivity contribution in [2.45, 2.75) is 11.4 Å². The standard InChI is InChI=1S/C16H16N4O9S/c1-27-19-9(8-3-2-4-28-8)12(21)18-10-13(22)20-11(15(23)24)7(5-29-16(17)25)6-30(26)14(10)20/h2-4,10,14H,5-6H2,1H3,(H2,17,25)(H,18,21)(H,23,24)/t10-,14-,30-/m1/s1. The quantitative estimate of drug-likeness (QED) is 0.257. The van der Waals surface area contributed by atoms with E-state index in [-0.39, 0.29) is 22.8 Å². The van der Waals surface area contributed by atoms with Gasteiger partial charge in [0.1, 0.15) is 30.8 Å². The first-order valence-corrected chi connectivity index (χ1v) is 9.68. The van der Waals surface area contributed by atoms with Gasteiger partial charge < -0.3 is 30.1 Å². The predicted molar refractivity (Wildman–Crippen MR) is 98.0 cm³/mol. The normalized spacial score (nSPS) is 23.4. The maximum atomic E-state index is 12.6. The Kier molecular flexibility index (Phi) is 5.86. The number of ether oxygens (including phenoxy) is 1. The van der Waals surface area contributed by atoms with E-state index in [1.165, 1.54) is 25.5 Å². The fourth-order valence-corrected chi connectivity index (χ4v) is 4.70. The van der Waals surface area contributed by atoms with Crippen LogP contribution in [0.2, 0.25) is 0 Å². The number of hydrogen-bond donors (Lipinski definition) is 3. The number of oxime groups is 1. The van der Waals surface area contributed by atoms with Crippen LogP contribution in [-0.4, -0.2) is 74.7 Å². The Morgan fingerprint density at radius 3 is 2.77 bits per heavy atom. The predicted octanol–water partition coefficient (Wildman–Crippen LogP) is -1.52. The topological polar surface area (TPSA) is 191 Å². The molecule has 4 N–H and O–H groups in total. The van der Waals surface area contributed by atoms with E-state index in [0.29, 0.717) is 0 Å². The number of aliphatic carboxylic acids is 1. The molecule has 160 valence electrons. The second-order valence-electron chi connectivity index (χ2n) is 6.04. The molecule has 0 unspecified atom stereocenters. The number of rotatable bonds is 7. The Bertz CT molecular complexity index is 985. The monoisotopic (exact) mass is 440 g/mol. The van der Waals surface area contributed by atoms with E-state index in [0.717, 1.165) is 4.90 Å². The molecule has 1 fully saturated rings. The number of carbonyl (C=O) groups is 4. The highest BCUT2D eigenvalue weighted by Crippen LogP contribution is 2.35. The molecule has 3 amide bonds. The number of hydrogen-bond acceptors (Lipinski definition) is 9. The molecule has 1 aromatic rings. The Hall–Kier alpha value is -3.68. The highest BCUT2D eigenvalue weighted by atomic mass is 32.2. The van der Waals surface area contributed by atoms with E-state index < -0.39 is 58.4 Å². The second-order valence-corrected chi connectivity index (χ2v) is 7.57. The summed E-state index contributed by atoms with van der Waals surface area (Å²) in [5.74, 6) is -3.33. The second kappa shape index (κ2) is 8.36. The number of β-lactam (4-membered cyclic amide) rings is 1. The van der Waals surface area contributed by atoms with E-state index in [9.17, 15) is 28.5 Å². The van der Waals surface area contributed by atoms with Gasteiger partial charge in [0.2, 0.25) is 5.71 Å². The van der Waals surface area contributed by atoms with Crippen LogP contribution in [0, 0.1) is 0 Å². The van der Waals surface area contributed by atoms with Crippen LogP contribution in [0.15, 0.2) is 39.2 Å². The number of amides is 3. The van der Waals surface area contributed by atoms with Crippen molar-refractivity contribution in [1.29, 1.82) is 0 Å². The van der Waals surface area contributed by atoms with Crippen molar-refractivity contribution in [3.8, 4) is 0 Å². The molecule has 1 saturated heterocycles. The van der Waals surface area contributed by atoms with Crippen LogP contribution in [0.25, 0.3) is 0 Å². The molecular weight excluding hydrogens is 424 g/mol. The van der Waals surface area contributed by atoms with Crippen molar-refractivity contribution >= 4 is 40.4 Å². The third kappa shape index (κ3) is 3.76.